The van der Waals surface area contributed by atoms with Gasteiger partial charge in [-0.1, -0.05) is 72.6 Å². The van der Waals surface area contributed by atoms with Crippen LogP contribution in [0.4, 0.5) is 5.69 Å². The highest BCUT2D eigenvalue weighted by Gasteiger charge is 2.33. The highest BCUT2D eigenvalue weighted by molar-refractivity contribution is 7.92. The first-order valence-corrected chi connectivity index (χ1v) is 14.4. The van der Waals surface area contributed by atoms with Crippen molar-refractivity contribution in [2.24, 2.45) is 0 Å². The van der Waals surface area contributed by atoms with E-state index in [9.17, 15) is 18.0 Å². The lowest BCUT2D eigenvalue weighted by Crippen LogP contribution is -2.52. The van der Waals surface area contributed by atoms with Gasteiger partial charge in [0.15, 0.2) is 0 Å². The fraction of sp³-hybridized carbons (Fsp3) is 0.286. The predicted molar refractivity (Wildman–Crippen MR) is 152 cm³/mol. The predicted octanol–water partition coefficient (Wildman–Crippen LogP) is 5.52. The van der Waals surface area contributed by atoms with E-state index in [-0.39, 0.29) is 34.1 Å². The number of halogens is 2. The summed E-state index contributed by atoms with van der Waals surface area (Å²) in [5.74, 6) is -0.900. The van der Waals surface area contributed by atoms with Gasteiger partial charge >= 0.3 is 0 Å². The van der Waals surface area contributed by atoms with Gasteiger partial charge in [0.05, 0.1) is 15.6 Å². The molecule has 3 rings (SSSR count). The summed E-state index contributed by atoms with van der Waals surface area (Å²) in [5.41, 5.74) is 0.899. The zero-order valence-electron chi connectivity index (χ0n) is 21.5. The van der Waals surface area contributed by atoms with E-state index in [1.807, 2.05) is 13.8 Å². The lowest BCUT2D eigenvalue weighted by molar-refractivity contribution is -0.139. The quantitative estimate of drug-likeness (QED) is 0.326. The Hall–Kier alpha value is -3.07. The molecule has 0 fully saturated rings. The normalized spacial score (nSPS) is 12.9. The van der Waals surface area contributed by atoms with Crippen LogP contribution in [0, 0.1) is 0 Å². The van der Waals surface area contributed by atoms with Crippen LogP contribution in [0.15, 0.2) is 83.8 Å². The van der Waals surface area contributed by atoms with E-state index in [0.717, 1.165) is 16.3 Å². The van der Waals surface area contributed by atoms with Crippen LogP contribution in [-0.2, 0) is 26.2 Å². The molecule has 0 aliphatic carbocycles. The minimum atomic E-state index is -4.17. The molecule has 0 unspecified atom stereocenters. The lowest BCUT2D eigenvalue weighted by Gasteiger charge is -2.32. The summed E-state index contributed by atoms with van der Waals surface area (Å²) in [4.78, 5) is 28.3. The molecule has 1 N–H and O–H groups in total. The highest BCUT2D eigenvalue weighted by Crippen LogP contribution is 2.30. The molecule has 0 aliphatic heterocycles. The SMILES string of the molecule is CC[C@@H](C)NC(=O)[C@@H](C)N(Cc1ccc(Cl)cc1)C(=O)CN(c1ccccc1Cl)S(=O)(=O)c1ccccc1. The summed E-state index contributed by atoms with van der Waals surface area (Å²) in [6.07, 6.45) is 0.721. The second-order valence-electron chi connectivity index (χ2n) is 8.92. The van der Waals surface area contributed by atoms with Crippen LogP contribution in [0.5, 0.6) is 0 Å². The molecule has 2 atom stereocenters. The maximum absolute atomic E-state index is 13.9. The Balaban J connectivity index is 2.02. The Labute approximate surface area is 234 Å². The van der Waals surface area contributed by atoms with E-state index < -0.39 is 28.5 Å². The van der Waals surface area contributed by atoms with E-state index in [1.54, 1.807) is 73.7 Å². The molecule has 38 heavy (non-hydrogen) atoms. The van der Waals surface area contributed by atoms with Gasteiger partial charge in [0.1, 0.15) is 12.6 Å². The average molecular weight is 577 g/mol. The number of anilines is 1. The second kappa shape index (κ2) is 13.1. The summed E-state index contributed by atoms with van der Waals surface area (Å²) in [7, 11) is -4.17. The van der Waals surface area contributed by atoms with Crippen molar-refractivity contribution in [3.8, 4) is 0 Å². The van der Waals surface area contributed by atoms with E-state index in [0.29, 0.717) is 5.02 Å². The number of amides is 2. The van der Waals surface area contributed by atoms with Crippen LogP contribution in [0.2, 0.25) is 10.0 Å². The van der Waals surface area contributed by atoms with Gasteiger partial charge in [-0.15, -0.1) is 0 Å². The minimum absolute atomic E-state index is 0.0135. The van der Waals surface area contributed by atoms with Gasteiger partial charge in [-0.2, -0.15) is 0 Å². The highest BCUT2D eigenvalue weighted by atomic mass is 35.5. The molecule has 0 saturated carbocycles. The molecular weight excluding hydrogens is 545 g/mol. The molecular formula is C28H31Cl2N3O4S. The molecule has 3 aromatic rings. The van der Waals surface area contributed by atoms with Crippen molar-refractivity contribution in [1.82, 2.24) is 10.2 Å². The Morgan fingerprint density at radius 3 is 2.11 bits per heavy atom. The maximum Gasteiger partial charge on any atom is 0.264 e. The Morgan fingerprint density at radius 1 is 0.895 bits per heavy atom. The van der Waals surface area contributed by atoms with Crippen LogP contribution in [0.1, 0.15) is 32.8 Å². The largest absolute Gasteiger partial charge is 0.352 e. The topological polar surface area (TPSA) is 86.8 Å². The van der Waals surface area contributed by atoms with E-state index in [4.69, 9.17) is 23.2 Å². The molecule has 0 aliphatic rings. The van der Waals surface area contributed by atoms with Crippen molar-refractivity contribution in [2.45, 2.75) is 50.7 Å². The number of rotatable bonds is 11. The third kappa shape index (κ3) is 7.28. The monoisotopic (exact) mass is 575 g/mol. The lowest BCUT2D eigenvalue weighted by atomic mass is 10.1. The number of carbonyl (C=O) groups is 2. The van der Waals surface area contributed by atoms with Gasteiger partial charge < -0.3 is 10.2 Å². The Kier molecular flexibility index (Phi) is 10.2. The maximum atomic E-state index is 13.9. The van der Waals surface area contributed by atoms with Crippen molar-refractivity contribution in [3.63, 3.8) is 0 Å². The van der Waals surface area contributed by atoms with Crippen LogP contribution in [-0.4, -0.2) is 43.8 Å². The average Bonchev–Trinajstić information content (AvgIpc) is 2.91. The summed E-state index contributed by atoms with van der Waals surface area (Å²) in [5, 5.41) is 3.61. The van der Waals surface area contributed by atoms with E-state index in [1.165, 1.54) is 17.0 Å². The molecule has 2 amide bonds. The summed E-state index contributed by atoms with van der Waals surface area (Å²) >= 11 is 12.4. The number of sulfonamides is 1. The number of benzene rings is 3. The number of hydrogen-bond acceptors (Lipinski definition) is 4. The van der Waals surface area contributed by atoms with Crippen molar-refractivity contribution in [2.75, 3.05) is 10.8 Å². The molecule has 0 spiro atoms. The number of hydrogen-bond donors (Lipinski definition) is 1. The van der Waals surface area contributed by atoms with Gasteiger partial charge in [-0.3, -0.25) is 13.9 Å². The zero-order chi connectivity index (χ0) is 27.9. The number of nitrogens with zero attached hydrogens (tertiary/aromatic N) is 2. The van der Waals surface area contributed by atoms with Gasteiger partial charge in [-0.25, -0.2) is 8.42 Å². The van der Waals surface area contributed by atoms with Crippen LogP contribution < -0.4 is 9.62 Å². The second-order valence-corrected chi connectivity index (χ2v) is 11.6. The van der Waals surface area contributed by atoms with Crippen molar-refractivity contribution < 1.29 is 18.0 Å². The van der Waals surface area contributed by atoms with Crippen LogP contribution in [0.3, 0.4) is 0 Å². The summed E-state index contributed by atoms with van der Waals surface area (Å²) < 4.78 is 28.4. The van der Waals surface area contributed by atoms with Gasteiger partial charge in [0, 0.05) is 17.6 Å². The molecule has 202 valence electrons. The number of para-hydroxylation sites is 1. The zero-order valence-corrected chi connectivity index (χ0v) is 23.8. The first-order valence-electron chi connectivity index (χ1n) is 12.2. The fourth-order valence-corrected chi connectivity index (χ4v) is 5.59. The number of carbonyl (C=O) groups excluding carboxylic acids is 2. The summed E-state index contributed by atoms with van der Waals surface area (Å²) in [6.45, 7) is 4.96. The standard InChI is InChI=1S/C28H31Cl2N3O4S/c1-4-20(2)31-28(35)21(3)32(18-22-14-16-23(29)17-15-22)27(34)19-33(26-13-9-8-12-25(26)30)38(36,37)24-10-6-5-7-11-24/h5-17,20-21H,4,18-19H2,1-3H3,(H,31,35)/t20-,21-/m1/s1. The van der Waals surface area contributed by atoms with E-state index in [2.05, 4.69) is 5.32 Å². The Morgan fingerprint density at radius 2 is 1.50 bits per heavy atom. The first-order chi connectivity index (χ1) is 18.0. The molecule has 0 bridgehead atoms. The summed E-state index contributed by atoms with van der Waals surface area (Å²) in [6, 6.07) is 20.2. The molecule has 10 heteroatoms. The first kappa shape index (κ1) is 29.5. The molecule has 0 radical (unpaired) electrons. The van der Waals surface area contributed by atoms with Gasteiger partial charge in [-0.05, 0) is 62.2 Å². The molecule has 7 nitrogen and oxygen atoms in total. The van der Waals surface area contributed by atoms with Crippen LogP contribution >= 0.6 is 23.2 Å². The third-order valence-electron chi connectivity index (χ3n) is 6.17. The number of nitrogens with one attached hydrogen (secondary N) is 1. The van der Waals surface area contributed by atoms with Crippen LogP contribution in [0.25, 0.3) is 0 Å². The molecule has 0 aromatic heterocycles. The van der Waals surface area contributed by atoms with Crippen molar-refractivity contribution in [3.05, 3.63) is 94.5 Å². The van der Waals surface area contributed by atoms with Crippen molar-refractivity contribution in [1.29, 1.82) is 0 Å². The smallest absolute Gasteiger partial charge is 0.264 e. The molecule has 0 heterocycles. The Bertz CT molecular complexity index is 1350. The minimum Gasteiger partial charge on any atom is -0.352 e. The van der Waals surface area contributed by atoms with Gasteiger partial charge in [0.25, 0.3) is 10.0 Å². The fourth-order valence-electron chi connectivity index (χ4n) is 3.72. The van der Waals surface area contributed by atoms with Gasteiger partial charge in [0.2, 0.25) is 11.8 Å². The third-order valence-corrected chi connectivity index (χ3v) is 8.51. The van der Waals surface area contributed by atoms with E-state index >= 15 is 0 Å². The molecule has 3 aromatic carbocycles. The molecule has 0 saturated heterocycles. The van der Waals surface area contributed by atoms with Crippen molar-refractivity contribution >= 4 is 50.7 Å².